The SMILES string of the molecule is c1ccc(-c2cc(-c3ccc(-c4ccc5c(c4)-c4ccccc4C54CCCCC4)cc3)nc(-c3ccccc3)n2)cc1.c1ccc(-c2cc(-c3cccc(-c4ccc5c(c4)-c4ccccc4C54CCCCC4)c3)nc(-c3ccccc3)n2)cc1.c1ccc(-c2cc(-c3ccccc3-c3ccc4c(c3)-c3ccccc3C43CCCCC3)nc(-c3ccccc3)n2)cc1. The summed E-state index contributed by atoms with van der Waals surface area (Å²) >= 11 is 0. The third-order valence-electron chi connectivity index (χ3n) is 27.9. The van der Waals surface area contributed by atoms with E-state index in [-0.39, 0.29) is 16.2 Å². The van der Waals surface area contributed by atoms with E-state index < -0.39 is 0 Å². The first kappa shape index (κ1) is 77.6. The predicted molar refractivity (Wildman–Crippen MR) is 519 cm³/mol. The highest BCUT2D eigenvalue weighted by molar-refractivity contribution is 5.92. The highest BCUT2D eigenvalue weighted by Gasteiger charge is 2.47. The molecule has 3 aromatic heterocycles. The maximum Gasteiger partial charge on any atom is 0.160 e. The molecule has 18 aromatic rings. The molecule has 6 nitrogen and oxygen atoms in total. The lowest BCUT2D eigenvalue weighted by Gasteiger charge is -2.36. The van der Waals surface area contributed by atoms with Gasteiger partial charge in [0.25, 0.3) is 0 Å². The fraction of sp³-hybridized carbons (Fsp3) is 0.150. The van der Waals surface area contributed by atoms with Gasteiger partial charge in [0.2, 0.25) is 0 Å². The molecular weight excluding hydrogens is 1530 g/mol. The van der Waals surface area contributed by atoms with Crippen LogP contribution < -0.4 is 0 Å². The van der Waals surface area contributed by atoms with Gasteiger partial charge in [0.1, 0.15) is 0 Å². The molecule has 606 valence electrons. The summed E-state index contributed by atoms with van der Waals surface area (Å²) in [7, 11) is 0. The van der Waals surface area contributed by atoms with Gasteiger partial charge in [-0.05, 0) is 181 Å². The van der Waals surface area contributed by atoms with Gasteiger partial charge in [-0.2, -0.15) is 0 Å². The van der Waals surface area contributed by atoms with Gasteiger partial charge in [-0.15, -0.1) is 0 Å². The fourth-order valence-electron chi connectivity index (χ4n) is 21.8. The molecule has 3 spiro atoms. The van der Waals surface area contributed by atoms with Crippen molar-refractivity contribution in [2.24, 2.45) is 0 Å². The van der Waals surface area contributed by atoms with Crippen molar-refractivity contribution in [2.75, 3.05) is 0 Å². The quantitative estimate of drug-likeness (QED) is 0.121. The van der Waals surface area contributed by atoms with Gasteiger partial charge in [0, 0.05) is 66.3 Å². The zero-order chi connectivity index (χ0) is 83.8. The minimum Gasteiger partial charge on any atom is -0.228 e. The third-order valence-corrected chi connectivity index (χ3v) is 27.9. The van der Waals surface area contributed by atoms with Crippen molar-refractivity contribution in [1.82, 2.24) is 29.9 Å². The zero-order valence-electron chi connectivity index (χ0n) is 70.9. The van der Waals surface area contributed by atoms with Crippen molar-refractivity contribution in [3.8, 4) is 168 Å². The van der Waals surface area contributed by atoms with Gasteiger partial charge in [-0.1, -0.05) is 416 Å². The van der Waals surface area contributed by atoms with Crippen molar-refractivity contribution < 1.29 is 0 Å². The molecule has 126 heavy (non-hydrogen) atoms. The molecule has 3 heterocycles. The van der Waals surface area contributed by atoms with E-state index in [9.17, 15) is 0 Å². The smallest absolute Gasteiger partial charge is 0.160 e. The Hall–Kier alpha value is -14.5. The predicted octanol–water partition coefficient (Wildman–Crippen LogP) is 31.1. The summed E-state index contributed by atoms with van der Waals surface area (Å²) in [6.07, 6.45) is 19.5. The normalized spacial score (nSPS) is 14.9. The van der Waals surface area contributed by atoms with Crippen molar-refractivity contribution >= 4 is 0 Å². The van der Waals surface area contributed by atoms with Gasteiger partial charge in [-0.3, -0.25) is 0 Å². The van der Waals surface area contributed by atoms with Crippen LogP contribution in [0.1, 0.15) is 130 Å². The van der Waals surface area contributed by atoms with E-state index in [0.29, 0.717) is 0 Å². The first-order valence-corrected chi connectivity index (χ1v) is 45.4. The van der Waals surface area contributed by atoms with Gasteiger partial charge in [0.05, 0.1) is 34.2 Å². The monoisotopic (exact) mass is 1620 g/mol. The standard InChI is InChI=1S/3C40H32N2/c1-4-14-28(15-5-1)37-27-38(42-39(41-37)29-16-6-2-7-17-29)33-20-9-8-18-31(33)30-22-23-36-34(26-30)32-19-10-11-21-35(32)40(36)24-12-3-13-25-40;1-4-13-28(14-5-1)37-27-38(42-39(41-37)29-15-6-2-7-16-29)32-18-12-17-30(25-32)31-21-22-36-34(26-31)33-19-8-9-20-35(33)40(36)23-10-3-11-24-40;1-4-12-29(13-5-1)37-27-38(42-39(41-37)31-14-6-2-7-15-31)30-20-18-28(19-21-30)32-22-23-36-34(26-32)33-16-8-9-17-35(33)40(36)24-10-3-11-25-40/h1-2,4-11,14-23,26-27H,3,12-13,24-25H2;1-2,4-9,12-22,25-27H,3,10-11,23-24H2;1-2,4-9,12-23,26-27H,3,10-11,24-25H2. The first-order valence-electron chi connectivity index (χ1n) is 45.4. The first-order chi connectivity index (χ1) is 62.4. The molecular formula is C120H96N6. The van der Waals surface area contributed by atoms with Crippen molar-refractivity contribution in [3.63, 3.8) is 0 Å². The Bertz CT molecular complexity index is 6850. The van der Waals surface area contributed by atoms with Crippen LogP contribution in [0.5, 0.6) is 0 Å². The Morgan fingerprint density at radius 1 is 0.135 bits per heavy atom. The van der Waals surface area contributed by atoms with Crippen LogP contribution >= 0.6 is 0 Å². The summed E-state index contributed by atoms with van der Waals surface area (Å²) in [6.45, 7) is 0. The van der Waals surface area contributed by atoms with E-state index in [1.165, 1.54) is 191 Å². The number of fused-ring (bicyclic) bond motifs is 15. The molecule has 0 aliphatic heterocycles. The van der Waals surface area contributed by atoms with E-state index in [1.807, 2.05) is 72.8 Å². The lowest BCUT2D eigenvalue weighted by molar-refractivity contribution is 0.353. The number of hydrogen-bond acceptors (Lipinski definition) is 6. The molecule has 0 radical (unpaired) electrons. The Labute approximate surface area is 739 Å². The lowest BCUT2D eigenvalue weighted by Crippen LogP contribution is -2.27. The molecule has 3 saturated carbocycles. The van der Waals surface area contributed by atoms with Crippen LogP contribution in [-0.4, -0.2) is 29.9 Å². The van der Waals surface area contributed by atoms with Crippen LogP contribution in [0.15, 0.2) is 400 Å². The van der Waals surface area contributed by atoms with Gasteiger partial charge < -0.3 is 0 Å². The Morgan fingerprint density at radius 3 is 0.754 bits per heavy atom. The third kappa shape index (κ3) is 14.5. The number of aromatic nitrogens is 6. The molecule has 0 unspecified atom stereocenters. The number of nitrogens with zero attached hydrogens (tertiary/aromatic N) is 6. The fourth-order valence-corrected chi connectivity index (χ4v) is 21.8. The van der Waals surface area contributed by atoms with Crippen molar-refractivity contribution in [3.05, 3.63) is 434 Å². The Kier molecular flexibility index (Phi) is 20.7. The summed E-state index contributed by atoms with van der Waals surface area (Å²) in [4.78, 5) is 30.2. The lowest BCUT2D eigenvalue weighted by atomic mass is 9.68. The van der Waals surface area contributed by atoms with Crippen molar-refractivity contribution in [2.45, 2.75) is 113 Å². The summed E-state index contributed by atoms with van der Waals surface area (Å²) in [5.41, 5.74) is 40.8. The second-order valence-corrected chi connectivity index (χ2v) is 35.1. The molecule has 3 fully saturated rings. The summed E-state index contributed by atoms with van der Waals surface area (Å²) in [5.74, 6) is 2.22. The Balaban J connectivity index is 0.000000112. The van der Waals surface area contributed by atoms with Crippen LogP contribution in [0.25, 0.3) is 168 Å². The maximum absolute atomic E-state index is 5.15. The maximum atomic E-state index is 5.15. The second-order valence-electron chi connectivity index (χ2n) is 35.1. The molecule has 6 aliphatic carbocycles. The summed E-state index contributed by atoms with van der Waals surface area (Å²) < 4.78 is 0. The number of rotatable bonds is 12. The zero-order valence-corrected chi connectivity index (χ0v) is 70.9. The minimum atomic E-state index is 0.171. The molecule has 0 N–H and O–H groups in total. The van der Waals surface area contributed by atoms with Crippen LogP contribution in [0.2, 0.25) is 0 Å². The van der Waals surface area contributed by atoms with Gasteiger partial charge in [0.15, 0.2) is 17.5 Å². The van der Waals surface area contributed by atoms with E-state index in [2.05, 4.69) is 328 Å². The van der Waals surface area contributed by atoms with Crippen LogP contribution in [0.4, 0.5) is 0 Å². The van der Waals surface area contributed by atoms with Crippen LogP contribution in [0, 0.1) is 0 Å². The molecule has 15 aromatic carbocycles. The molecule has 6 aliphatic rings. The molecule has 0 bridgehead atoms. The second kappa shape index (κ2) is 33.6. The highest BCUT2D eigenvalue weighted by Crippen LogP contribution is 2.60. The molecule has 0 atom stereocenters. The summed E-state index contributed by atoms with van der Waals surface area (Å²) in [6, 6.07) is 144. The highest BCUT2D eigenvalue weighted by atomic mass is 14.9. The summed E-state index contributed by atoms with van der Waals surface area (Å²) in [5, 5.41) is 0. The topological polar surface area (TPSA) is 77.3 Å². The van der Waals surface area contributed by atoms with Crippen LogP contribution in [-0.2, 0) is 16.2 Å². The Morgan fingerprint density at radius 2 is 0.373 bits per heavy atom. The van der Waals surface area contributed by atoms with Crippen LogP contribution in [0.3, 0.4) is 0 Å². The molecule has 6 heteroatoms. The number of hydrogen-bond donors (Lipinski definition) is 0. The van der Waals surface area contributed by atoms with E-state index >= 15 is 0 Å². The van der Waals surface area contributed by atoms with E-state index in [0.717, 1.165) is 102 Å². The van der Waals surface area contributed by atoms with E-state index in [1.54, 1.807) is 5.56 Å². The molecule has 0 amide bonds. The van der Waals surface area contributed by atoms with Crippen molar-refractivity contribution in [1.29, 1.82) is 0 Å². The molecule has 24 rings (SSSR count). The van der Waals surface area contributed by atoms with Gasteiger partial charge >= 0.3 is 0 Å². The van der Waals surface area contributed by atoms with Gasteiger partial charge in [-0.25, -0.2) is 29.9 Å². The largest absolute Gasteiger partial charge is 0.228 e. The average Bonchev–Trinajstić information content (AvgIpc) is 1.57. The van der Waals surface area contributed by atoms with E-state index in [4.69, 9.17) is 29.9 Å². The minimum absolute atomic E-state index is 0.171. The molecule has 0 saturated heterocycles. The number of benzene rings is 15. The average molecular weight is 1620 g/mol.